The van der Waals surface area contributed by atoms with Gasteiger partial charge in [0.15, 0.2) is 0 Å². The van der Waals surface area contributed by atoms with Crippen LogP contribution >= 0.6 is 0 Å². The molecule has 5 heteroatoms. The number of ether oxygens (including phenoxy) is 2. The molecule has 4 fully saturated rings. The molecule has 1 atom stereocenters. The summed E-state index contributed by atoms with van der Waals surface area (Å²) in [6, 6.07) is 10.9. The van der Waals surface area contributed by atoms with E-state index in [4.69, 9.17) is 14.5 Å². The summed E-state index contributed by atoms with van der Waals surface area (Å²) < 4.78 is 13.1. The molecule has 2 bridgehead atoms. The molecule has 1 heterocycles. The van der Waals surface area contributed by atoms with Crippen LogP contribution in [-0.2, 0) is 14.7 Å². The Labute approximate surface area is 249 Å². The summed E-state index contributed by atoms with van der Waals surface area (Å²) in [7, 11) is 0. The number of aromatic nitrogens is 1. The Balaban J connectivity index is 1.07. The van der Waals surface area contributed by atoms with Crippen molar-refractivity contribution < 1.29 is 14.3 Å². The Hall–Kier alpha value is -1.54. The molecule has 4 aliphatic rings. The molecular formula is C35H52AsNO3. The standard InChI is InChI=1S/C35H52AsNO3/c1-4-5-6-7-8-9-10-32(38)40-35-22-19-34(20-23-35,21-24-35)36-26-28-12-11-27-25-30(13-14-31(27)37-28)39-29-15-17-33(2,3)18-16-29/h11-14,25,29,36H,4-10,15-24,26H2,1-3H3. The van der Waals surface area contributed by atoms with E-state index in [0.29, 0.717) is 22.1 Å². The zero-order valence-corrected chi connectivity index (χ0v) is 27.5. The van der Waals surface area contributed by atoms with Gasteiger partial charge in [0.2, 0.25) is 0 Å². The maximum atomic E-state index is 12.6. The van der Waals surface area contributed by atoms with Crippen molar-refractivity contribution in [2.24, 2.45) is 5.41 Å². The number of hydrogen-bond donors (Lipinski definition) is 0. The van der Waals surface area contributed by atoms with Crippen molar-refractivity contribution in [3.8, 4) is 5.75 Å². The predicted molar refractivity (Wildman–Crippen MR) is 166 cm³/mol. The number of unbranched alkanes of at least 4 members (excludes halogenated alkanes) is 5. The molecule has 2 aromatic rings. The molecule has 4 aliphatic carbocycles. The molecule has 4 saturated carbocycles. The SMILES string of the molecule is CCCCCCCCC(=O)OC12CCC([AsH]Cc3ccc4cc(OC5CCC(C)(C)CC5)ccc4n3)(CC1)CC2. The fraction of sp³-hybridized carbons (Fsp3) is 0.714. The van der Waals surface area contributed by atoms with Crippen molar-refractivity contribution >= 4 is 32.6 Å². The Morgan fingerprint density at radius 2 is 1.60 bits per heavy atom. The summed E-state index contributed by atoms with van der Waals surface area (Å²) >= 11 is -0.158. The van der Waals surface area contributed by atoms with Crippen molar-refractivity contribution in [1.82, 2.24) is 4.98 Å². The molecule has 1 aromatic carbocycles. The van der Waals surface area contributed by atoms with E-state index < -0.39 is 0 Å². The molecule has 0 N–H and O–H groups in total. The van der Waals surface area contributed by atoms with Gasteiger partial charge in [0, 0.05) is 0 Å². The first-order valence-corrected chi connectivity index (χ1v) is 18.8. The molecular weight excluding hydrogens is 557 g/mol. The molecule has 1 unspecified atom stereocenters. The molecule has 0 spiro atoms. The fourth-order valence-electron chi connectivity index (χ4n) is 7.19. The van der Waals surface area contributed by atoms with E-state index in [2.05, 4.69) is 51.1 Å². The van der Waals surface area contributed by atoms with Gasteiger partial charge in [-0.15, -0.1) is 0 Å². The second kappa shape index (κ2) is 13.2. The van der Waals surface area contributed by atoms with Gasteiger partial charge >= 0.3 is 223 Å². The number of fused-ring (bicyclic) bond motifs is 4. The topological polar surface area (TPSA) is 48.4 Å². The number of carbonyl (C=O) groups excluding carboxylic acids is 1. The monoisotopic (exact) mass is 609 g/mol. The molecule has 40 heavy (non-hydrogen) atoms. The minimum atomic E-state index is -0.158. The number of carbonyl (C=O) groups is 1. The third-order valence-corrected chi connectivity index (χ3v) is 14.5. The van der Waals surface area contributed by atoms with E-state index in [1.54, 1.807) is 0 Å². The van der Waals surface area contributed by atoms with Crippen LogP contribution in [0.5, 0.6) is 5.75 Å². The van der Waals surface area contributed by atoms with E-state index in [1.165, 1.54) is 68.9 Å². The number of rotatable bonds is 13. The number of pyridine rings is 1. The van der Waals surface area contributed by atoms with Crippen molar-refractivity contribution in [3.63, 3.8) is 0 Å². The molecule has 0 amide bonds. The molecule has 0 aliphatic heterocycles. The molecule has 0 radical (unpaired) electrons. The van der Waals surface area contributed by atoms with Gasteiger partial charge in [-0.1, -0.05) is 27.2 Å². The van der Waals surface area contributed by atoms with Crippen LogP contribution in [-0.4, -0.2) is 38.4 Å². The van der Waals surface area contributed by atoms with Gasteiger partial charge in [0.25, 0.3) is 0 Å². The average molecular weight is 610 g/mol. The third-order valence-electron chi connectivity index (χ3n) is 10.2. The first kappa shape index (κ1) is 29.9. The zero-order valence-electron chi connectivity index (χ0n) is 25.4. The summed E-state index contributed by atoms with van der Waals surface area (Å²) in [5.41, 5.74) is 2.65. The second-order valence-corrected chi connectivity index (χ2v) is 17.7. The summed E-state index contributed by atoms with van der Waals surface area (Å²) in [5, 5.41) is 2.33. The average Bonchev–Trinajstić information content (AvgIpc) is 2.96. The number of benzene rings is 1. The van der Waals surface area contributed by atoms with Crippen LogP contribution in [0.4, 0.5) is 0 Å². The van der Waals surface area contributed by atoms with Crippen molar-refractivity contribution in [1.29, 1.82) is 0 Å². The van der Waals surface area contributed by atoms with E-state index in [9.17, 15) is 4.79 Å². The van der Waals surface area contributed by atoms with E-state index in [1.807, 2.05) is 0 Å². The number of nitrogens with zero attached hydrogens (tertiary/aromatic N) is 1. The molecule has 1 aromatic heterocycles. The van der Waals surface area contributed by atoms with Crippen molar-refractivity contribution in [2.45, 2.75) is 151 Å². The van der Waals surface area contributed by atoms with Crippen LogP contribution < -0.4 is 4.74 Å². The quantitative estimate of drug-likeness (QED) is 0.129. The summed E-state index contributed by atoms with van der Waals surface area (Å²) in [5.74, 6) is 1.04. The van der Waals surface area contributed by atoms with Gasteiger partial charge in [0.05, 0.1) is 0 Å². The van der Waals surface area contributed by atoms with Crippen LogP contribution in [0.3, 0.4) is 0 Å². The molecule has 6 rings (SSSR count). The number of esters is 1. The first-order valence-electron chi connectivity index (χ1n) is 16.3. The third kappa shape index (κ3) is 7.84. The maximum absolute atomic E-state index is 12.6. The van der Waals surface area contributed by atoms with Crippen LogP contribution in [0.15, 0.2) is 30.3 Å². The van der Waals surface area contributed by atoms with Gasteiger partial charge in [-0.05, 0) is 0 Å². The first-order chi connectivity index (χ1) is 19.3. The van der Waals surface area contributed by atoms with Crippen molar-refractivity contribution in [2.75, 3.05) is 0 Å². The Bertz CT molecular complexity index is 1110. The predicted octanol–water partition coefficient (Wildman–Crippen LogP) is 9.08. The van der Waals surface area contributed by atoms with Gasteiger partial charge in [0.1, 0.15) is 0 Å². The summed E-state index contributed by atoms with van der Waals surface area (Å²) in [4.78, 5) is 17.6. The van der Waals surface area contributed by atoms with Gasteiger partial charge < -0.3 is 0 Å². The van der Waals surface area contributed by atoms with Crippen LogP contribution in [0.1, 0.15) is 136 Å². The Morgan fingerprint density at radius 3 is 2.33 bits per heavy atom. The van der Waals surface area contributed by atoms with Crippen LogP contribution in [0.2, 0.25) is 4.20 Å². The van der Waals surface area contributed by atoms with Crippen LogP contribution in [0, 0.1) is 5.41 Å². The van der Waals surface area contributed by atoms with Gasteiger partial charge in [-0.3, -0.25) is 0 Å². The minimum absolute atomic E-state index is 0.0533. The Morgan fingerprint density at radius 1 is 0.900 bits per heavy atom. The summed E-state index contributed by atoms with van der Waals surface area (Å²) in [6.45, 7) is 6.98. The molecule has 4 nitrogen and oxygen atoms in total. The van der Waals surface area contributed by atoms with Crippen molar-refractivity contribution in [3.05, 3.63) is 36.0 Å². The summed E-state index contributed by atoms with van der Waals surface area (Å²) in [6.07, 6.45) is 19.9. The molecule has 0 saturated heterocycles. The Kier molecular flexibility index (Phi) is 9.86. The second-order valence-electron chi connectivity index (χ2n) is 13.9. The van der Waals surface area contributed by atoms with E-state index >= 15 is 0 Å². The zero-order chi connectivity index (χ0) is 28.1. The van der Waals surface area contributed by atoms with Crippen LogP contribution in [0.25, 0.3) is 10.9 Å². The van der Waals surface area contributed by atoms with Gasteiger partial charge in [-0.2, -0.15) is 0 Å². The van der Waals surface area contributed by atoms with E-state index in [-0.39, 0.29) is 27.3 Å². The number of hydrogen-bond acceptors (Lipinski definition) is 4. The fourth-order valence-corrected chi connectivity index (χ4v) is 10.7. The normalized spacial score (nSPS) is 26.5. The van der Waals surface area contributed by atoms with Gasteiger partial charge in [-0.25, -0.2) is 0 Å². The van der Waals surface area contributed by atoms with E-state index in [0.717, 1.165) is 61.4 Å². The molecule has 220 valence electrons.